The van der Waals surface area contributed by atoms with Crippen LogP contribution in [-0.2, 0) is 0 Å². The number of aromatic nitrogens is 4. The van der Waals surface area contributed by atoms with Crippen molar-refractivity contribution in [3.05, 3.63) is 23.5 Å². The topological polar surface area (TPSA) is 90.6 Å². The van der Waals surface area contributed by atoms with Crippen molar-refractivity contribution < 1.29 is 13.9 Å². The van der Waals surface area contributed by atoms with E-state index >= 15 is 0 Å². The molecule has 1 aliphatic carbocycles. The van der Waals surface area contributed by atoms with Crippen molar-refractivity contribution >= 4 is 34.6 Å². The van der Waals surface area contributed by atoms with E-state index in [1.807, 2.05) is 24.4 Å². The summed E-state index contributed by atoms with van der Waals surface area (Å²) in [7, 11) is 1.00. The SMILES string of the molecule is CC.CC1CN(c2cc(SNC3(C)CC3)cn3c(-c4nnc(C(F)F)s4)cnc23)CCN1.CO. The molecule has 1 saturated heterocycles. The van der Waals surface area contributed by atoms with E-state index in [-0.39, 0.29) is 10.5 Å². The van der Waals surface area contributed by atoms with E-state index in [1.54, 1.807) is 18.1 Å². The fraction of sp³-hybridized carbons (Fsp3) is 0.591. The highest BCUT2D eigenvalue weighted by Crippen LogP contribution is 2.39. The second kappa shape index (κ2) is 11.7. The normalized spacial score (nSPS) is 18.9. The van der Waals surface area contributed by atoms with Crippen LogP contribution in [0.1, 0.15) is 52.0 Å². The van der Waals surface area contributed by atoms with Crippen LogP contribution in [0.15, 0.2) is 23.4 Å². The number of anilines is 1. The number of hydrogen-bond donors (Lipinski definition) is 3. The average molecular weight is 514 g/mol. The molecule has 5 rings (SSSR count). The molecule has 1 saturated carbocycles. The first-order valence-corrected chi connectivity index (χ1v) is 13.1. The lowest BCUT2D eigenvalue weighted by molar-refractivity contribution is 0.150. The third-order valence-electron chi connectivity index (χ3n) is 5.53. The monoisotopic (exact) mass is 513 g/mol. The van der Waals surface area contributed by atoms with Crippen LogP contribution in [0.2, 0.25) is 0 Å². The third-order valence-corrected chi connectivity index (χ3v) is 7.54. The fourth-order valence-electron chi connectivity index (χ4n) is 3.54. The highest BCUT2D eigenvalue weighted by Gasteiger charge is 2.37. The number of pyridine rings is 1. The van der Waals surface area contributed by atoms with Crippen LogP contribution in [0.25, 0.3) is 16.3 Å². The van der Waals surface area contributed by atoms with Gasteiger partial charge in [0.1, 0.15) is 5.69 Å². The molecule has 4 heterocycles. The lowest BCUT2D eigenvalue weighted by Gasteiger charge is -2.34. The maximum Gasteiger partial charge on any atom is 0.291 e. The van der Waals surface area contributed by atoms with Crippen LogP contribution < -0.4 is 14.9 Å². The zero-order valence-electron chi connectivity index (χ0n) is 20.2. The van der Waals surface area contributed by atoms with Gasteiger partial charge in [0.25, 0.3) is 6.43 Å². The van der Waals surface area contributed by atoms with Crippen molar-refractivity contribution in [2.24, 2.45) is 0 Å². The summed E-state index contributed by atoms with van der Waals surface area (Å²) < 4.78 is 31.6. The number of imidazole rings is 1. The molecule has 1 atom stereocenters. The number of nitrogens with one attached hydrogen (secondary N) is 2. The molecule has 34 heavy (non-hydrogen) atoms. The zero-order chi connectivity index (χ0) is 24.9. The Labute approximate surface area is 207 Å². The van der Waals surface area contributed by atoms with Gasteiger partial charge < -0.3 is 15.3 Å². The lowest BCUT2D eigenvalue weighted by Crippen LogP contribution is -2.49. The van der Waals surface area contributed by atoms with Crippen molar-refractivity contribution in [1.29, 1.82) is 0 Å². The fourth-order valence-corrected chi connectivity index (χ4v) is 5.14. The summed E-state index contributed by atoms with van der Waals surface area (Å²) in [4.78, 5) is 8.02. The molecule has 1 aliphatic heterocycles. The van der Waals surface area contributed by atoms with Crippen LogP contribution >= 0.6 is 23.3 Å². The predicted octanol–water partition coefficient (Wildman–Crippen LogP) is 4.37. The van der Waals surface area contributed by atoms with Crippen LogP contribution in [0.5, 0.6) is 0 Å². The molecule has 12 heteroatoms. The molecular weight excluding hydrogens is 480 g/mol. The number of fused-ring (bicyclic) bond motifs is 1. The number of aliphatic hydroxyl groups is 1. The highest BCUT2D eigenvalue weighted by molar-refractivity contribution is 7.97. The van der Waals surface area contributed by atoms with Crippen molar-refractivity contribution in [3.8, 4) is 10.7 Å². The molecule has 8 nitrogen and oxygen atoms in total. The van der Waals surface area contributed by atoms with Crippen molar-refractivity contribution in [2.45, 2.75) is 63.4 Å². The first-order valence-electron chi connectivity index (χ1n) is 11.4. The maximum absolute atomic E-state index is 13.0. The molecule has 0 aromatic carbocycles. The van der Waals surface area contributed by atoms with E-state index in [2.05, 4.69) is 50.0 Å². The Morgan fingerprint density at radius 2 is 2.03 bits per heavy atom. The average Bonchev–Trinajstić information content (AvgIpc) is 3.23. The lowest BCUT2D eigenvalue weighted by atomic mass is 10.2. The molecule has 3 aromatic rings. The standard InChI is InChI=1S/C19H23F2N7S2.C2H6.CH4O/c1-11-9-27(6-5-22-11)13-7-12(30-26-19(2)3-4-19)10-28-14(8-23-16(13)28)17-24-25-18(29-17)15(20)21;2*1-2/h7-8,10-11,15,22,26H,3-6,9H2,1-2H3;1-2H3;2H,1H3. The van der Waals surface area contributed by atoms with Crippen molar-refractivity contribution in [2.75, 3.05) is 31.6 Å². The summed E-state index contributed by atoms with van der Waals surface area (Å²) >= 11 is 2.52. The van der Waals surface area contributed by atoms with Gasteiger partial charge in [0.2, 0.25) is 0 Å². The largest absolute Gasteiger partial charge is 0.400 e. The molecule has 188 valence electrons. The van der Waals surface area contributed by atoms with E-state index in [1.165, 1.54) is 12.8 Å². The van der Waals surface area contributed by atoms with Gasteiger partial charge in [-0.05, 0) is 44.7 Å². The van der Waals surface area contributed by atoms with Gasteiger partial charge in [-0.2, -0.15) is 0 Å². The highest BCUT2D eigenvalue weighted by atomic mass is 32.2. The smallest absolute Gasteiger partial charge is 0.291 e. The van der Waals surface area contributed by atoms with E-state index in [0.29, 0.717) is 16.7 Å². The molecule has 2 fully saturated rings. The number of rotatable bonds is 6. The summed E-state index contributed by atoms with van der Waals surface area (Å²) in [6.07, 6.45) is 3.41. The van der Waals surface area contributed by atoms with Gasteiger partial charge in [-0.25, -0.2) is 13.8 Å². The Kier molecular flexibility index (Phi) is 9.21. The molecular formula is C22H33F2N7OS2. The van der Waals surface area contributed by atoms with E-state index < -0.39 is 6.43 Å². The first-order chi connectivity index (χ1) is 16.4. The molecule has 0 spiro atoms. The summed E-state index contributed by atoms with van der Waals surface area (Å²) in [6, 6.07) is 2.54. The van der Waals surface area contributed by atoms with E-state index in [0.717, 1.165) is 54.3 Å². The van der Waals surface area contributed by atoms with Crippen LogP contribution in [0.3, 0.4) is 0 Å². The molecule has 0 bridgehead atoms. The summed E-state index contributed by atoms with van der Waals surface area (Å²) in [5, 5.41) is 18.3. The van der Waals surface area contributed by atoms with Crippen LogP contribution in [0.4, 0.5) is 14.5 Å². The molecule has 1 unspecified atom stereocenters. The van der Waals surface area contributed by atoms with Gasteiger partial charge in [0.15, 0.2) is 15.7 Å². The van der Waals surface area contributed by atoms with Crippen molar-refractivity contribution in [1.82, 2.24) is 29.6 Å². The summed E-state index contributed by atoms with van der Waals surface area (Å²) in [6.45, 7) is 11.1. The number of halogens is 2. The molecule has 3 N–H and O–H groups in total. The van der Waals surface area contributed by atoms with Gasteiger partial charge in [-0.1, -0.05) is 25.2 Å². The molecule has 0 radical (unpaired) electrons. The number of hydrogen-bond acceptors (Lipinski definition) is 9. The Balaban J connectivity index is 0.000000771. The second-order valence-corrected chi connectivity index (χ2v) is 10.1. The van der Waals surface area contributed by atoms with Gasteiger partial charge in [0, 0.05) is 49.4 Å². The first kappa shape index (κ1) is 26.7. The molecule has 2 aliphatic rings. The molecule has 3 aromatic heterocycles. The Morgan fingerprint density at radius 1 is 1.29 bits per heavy atom. The zero-order valence-corrected chi connectivity index (χ0v) is 21.8. The van der Waals surface area contributed by atoms with Crippen molar-refractivity contribution in [3.63, 3.8) is 0 Å². The number of aliphatic hydroxyl groups excluding tert-OH is 1. The van der Waals surface area contributed by atoms with Gasteiger partial charge >= 0.3 is 0 Å². The third kappa shape index (κ3) is 6.03. The summed E-state index contributed by atoms with van der Waals surface area (Å²) in [5.74, 6) is 0. The van der Waals surface area contributed by atoms with Gasteiger partial charge in [-0.15, -0.1) is 10.2 Å². The minimum absolute atomic E-state index is 0.187. The minimum Gasteiger partial charge on any atom is -0.400 e. The summed E-state index contributed by atoms with van der Waals surface area (Å²) in [5.41, 5.74) is 2.71. The maximum atomic E-state index is 13.0. The Hall–Kier alpha value is -1.86. The number of nitrogens with zero attached hydrogens (tertiary/aromatic N) is 5. The quantitative estimate of drug-likeness (QED) is 0.419. The molecule has 0 amide bonds. The van der Waals surface area contributed by atoms with E-state index in [4.69, 9.17) is 5.11 Å². The van der Waals surface area contributed by atoms with Crippen LogP contribution in [0, 0.1) is 0 Å². The van der Waals surface area contributed by atoms with Gasteiger partial charge in [0.05, 0.1) is 11.9 Å². The minimum atomic E-state index is -2.62. The van der Waals surface area contributed by atoms with Gasteiger partial charge in [-0.3, -0.25) is 9.12 Å². The van der Waals surface area contributed by atoms with E-state index in [9.17, 15) is 8.78 Å². The second-order valence-electron chi connectivity index (χ2n) is 8.21. The number of piperazine rings is 1. The predicted molar refractivity (Wildman–Crippen MR) is 135 cm³/mol. The Bertz CT molecular complexity index is 1070. The van der Waals surface area contributed by atoms with Crippen LogP contribution in [-0.4, -0.2) is 63.0 Å². The Morgan fingerprint density at radius 3 is 2.65 bits per heavy atom. The number of alkyl halides is 2.